The highest BCUT2D eigenvalue weighted by atomic mass is 31.2. The number of benzene rings is 1. The number of imidazole rings is 1. The van der Waals surface area contributed by atoms with Crippen LogP contribution in [0.15, 0.2) is 18.5 Å². The minimum absolute atomic E-state index is 0.0160. The molecule has 2 aromatic rings. The molecule has 0 saturated carbocycles. The molecule has 4 N–H and O–H groups in total. The Balaban J connectivity index is 1.72. The van der Waals surface area contributed by atoms with Gasteiger partial charge in [-0.3, -0.25) is 13.8 Å². The summed E-state index contributed by atoms with van der Waals surface area (Å²) in [6, 6.07) is 3.83. The van der Waals surface area contributed by atoms with E-state index < -0.39 is 44.6 Å². The van der Waals surface area contributed by atoms with E-state index in [0.29, 0.717) is 17.6 Å². The lowest BCUT2D eigenvalue weighted by Gasteiger charge is -2.25. The number of carbonyl (C=O) groups is 2. The molecular weight excluding hydrogens is 567 g/mol. The molecule has 42 heavy (non-hydrogen) atoms. The van der Waals surface area contributed by atoms with Gasteiger partial charge < -0.3 is 34.7 Å². The van der Waals surface area contributed by atoms with Crippen molar-refractivity contribution in [2.45, 2.75) is 104 Å². The maximum Gasteiger partial charge on any atom is 0.472 e. The lowest BCUT2D eigenvalue weighted by atomic mass is 10.1. The molecule has 13 nitrogen and oxygen atoms in total. The molecule has 1 aliphatic heterocycles. The Kier molecular flexibility index (Phi) is 12.8. The molecular formula is C28H45N4O9P. The second-order valence-corrected chi connectivity index (χ2v) is 12.0. The van der Waals surface area contributed by atoms with Crippen molar-refractivity contribution in [1.82, 2.24) is 20.2 Å². The van der Waals surface area contributed by atoms with E-state index in [1.165, 1.54) is 13.3 Å². The standard InChI is InChI=1S/C28H45N4O9P/c1-6-8-9-10-11-12-29-28(35)38-16-23-26(41-42(36,37)40-20(5)15-30-24(33)7-2)25(34)27(39-23)32-17-31-21-13-18(3)19(4)14-22(21)32/h13-14,17,20,23,25-27,34H,6-12,15-16H2,1-5H3,(H,29,35)(H,30,33)(H,36,37)/t20-,23-,25-,26-,27+/m1/s1. The lowest BCUT2D eigenvalue weighted by Crippen LogP contribution is -2.38. The van der Waals surface area contributed by atoms with E-state index in [9.17, 15) is 24.2 Å². The Morgan fingerprint density at radius 2 is 1.86 bits per heavy atom. The van der Waals surface area contributed by atoms with E-state index in [4.69, 9.17) is 18.5 Å². The van der Waals surface area contributed by atoms with Crippen LogP contribution in [-0.2, 0) is 27.9 Å². The van der Waals surface area contributed by atoms with E-state index >= 15 is 0 Å². The summed E-state index contributed by atoms with van der Waals surface area (Å²) in [6.07, 6.45) is 0.391. The zero-order chi connectivity index (χ0) is 30.9. The van der Waals surface area contributed by atoms with Crippen molar-refractivity contribution in [2.24, 2.45) is 0 Å². The van der Waals surface area contributed by atoms with Crippen LogP contribution >= 0.6 is 7.82 Å². The maximum atomic E-state index is 13.0. The Hall–Kier alpha value is -2.54. The molecule has 0 bridgehead atoms. The third-order valence-electron chi connectivity index (χ3n) is 7.18. The molecule has 0 spiro atoms. The largest absolute Gasteiger partial charge is 0.472 e. The number of rotatable bonds is 16. The fourth-order valence-electron chi connectivity index (χ4n) is 4.65. The number of nitrogens with zero attached hydrogens (tertiary/aromatic N) is 2. The first-order chi connectivity index (χ1) is 20.0. The highest BCUT2D eigenvalue weighted by Gasteiger charge is 2.50. The molecule has 1 aliphatic rings. The number of aryl methyl sites for hydroxylation is 2. The number of aliphatic hydroxyl groups is 1. The van der Waals surface area contributed by atoms with Gasteiger partial charge in [0.15, 0.2) is 6.23 Å². The highest BCUT2D eigenvalue weighted by molar-refractivity contribution is 7.47. The van der Waals surface area contributed by atoms with Crippen LogP contribution in [0.25, 0.3) is 11.0 Å². The first-order valence-electron chi connectivity index (χ1n) is 14.6. The first kappa shape index (κ1) is 34.0. The van der Waals surface area contributed by atoms with E-state index in [1.54, 1.807) is 11.5 Å². The molecule has 1 saturated heterocycles. The van der Waals surface area contributed by atoms with Gasteiger partial charge in [-0.25, -0.2) is 14.3 Å². The summed E-state index contributed by atoms with van der Waals surface area (Å²) in [6.45, 7) is 9.31. The van der Waals surface area contributed by atoms with E-state index in [0.717, 1.165) is 43.2 Å². The van der Waals surface area contributed by atoms with Crippen molar-refractivity contribution in [1.29, 1.82) is 0 Å². The number of alkyl carbamates (subject to hydrolysis) is 1. The van der Waals surface area contributed by atoms with Crippen LogP contribution in [0.4, 0.5) is 4.79 Å². The second-order valence-electron chi connectivity index (χ2n) is 10.7. The monoisotopic (exact) mass is 612 g/mol. The van der Waals surface area contributed by atoms with Crippen LogP contribution in [0.5, 0.6) is 0 Å². The quantitative estimate of drug-likeness (QED) is 0.160. The molecule has 2 heterocycles. The fraction of sp³-hybridized carbons (Fsp3) is 0.679. The summed E-state index contributed by atoms with van der Waals surface area (Å²) in [4.78, 5) is 38.8. The van der Waals surface area contributed by atoms with Gasteiger partial charge in [-0.2, -0.15) is 0 Å². The van der Waals surface area contributed by atoms with Crippen LogP contribution in [0.1, 0.15) is 76.7 Å². The van der Waals surface area contributed by atoms with Crippen molar-refractivity contribution in [3.63, 3.8) is 0 Å². The predicted molar refractivity (Wildman–Crippen MR) is 156 cm³/mol. The Labute approximate surface area is 246 Å². The number of hydrogen-bond donors (Lipinski definition) is 4. The molecule has 3 rings (SSSR count). The van der Waals surface area contributed by atoms with Gasteiger partial charge in [-0.1, -0.05) is 39.5 Å². The van der Waals surface area contributed by atoms with Gasteiger partial charge in [-0.05, 0) is 50.5 Å². The SMILES string of the molecule is CCCCCCCNC(=O)OC[C@H]1O[C@H](n2cnc3cc(C)c(C)cc32)[C@H](O)[C@@H]1OP(=O)(O)O[C@H](C)CNC(=O)CC. The lowest BCUT2D eigenvalue weighted by molar-refractivity contribution is -0.121. The maximum absolute atomic E-state index is 13.0. The molecule has 1 unspecified atom stereocenters. The number of hydrogen-bond acceptors (Lipinski definition) is 9. The molecule has 0 radical (unpaired) electrons. The fourth-order valence-corrected chi connectivity index (χ4v) is 5.80. The molecule has 1 aromatic heterocycles. The number of aliphatic hydroxyl groups excluding tert-OH is 1. The number of unbranched alkanes of at least 4 members (excludes halogenated alkanes) is 4. The zero-order valence-electron chi connectivity index (χ0n) is 25.1. The minimum Gasteiger partial charge on any atom is -0.447 e. The minimum atomic E-state index is -4.76. The van der Waals surface area contributed by atoms with Gasteiger partial charge in [0, 0.05) is 19.5 Å². The predicted octanol–water partition coefficient (Wildman–Crippen LogP) is 4.02. The highest BCUT2D eigenvalue weighted by Crippen LogP contribution is 2.49. The van der Waals surface area contributed by atoms with Crippen LogP contribution in [-0.4, -0.2) is 75.7 Å². The number of ether oxygens (including phenoxy) is 2. The van der Waals surface area contributed by atoms with Crippen molar-refractivity contribution in [3.8, 4) is 0 Å². The third-order valence-corrected chi connectivity index (χ3v) is 8.31. The molecule has 14 heteroatoms. The van der Waals surface area contributed by atoms with Crippen molar-refractivity contribution in [3.05, 3.63) is 29.6 Å². The van der Waals surface area contributed by atoms with Gasteiger partial charge in [0.05, 0.1) is 23.5 Å². The average molecular weight is 613 g/mol. The Morgan fingerprint density at radius 1 is 1.14 bits per heavy atom. The van der Waals surface area contributed by atoms with Crippen LogP contribution < -0.4 is 10.6 Å². The summed E-state index contributed by atoms with van der Waals surface area (Å²) in [5.41, 5.74) is 3.43. The van der Waals surface area contributed by atoms with Gasteiger partial charge in [0.25, 0.3) is 0 Å². The number of fused-ring (bicyclic) bond motifs is 1. The van der Waals surface area contributed by atoms with Crippen LogP contribution in [0, 0.1) is 13.8 Å². The number of nitrogens with one attached hydrogen (secondary N) is 2. The summed E-state index contributed by atoms with van der Waals surface area (Å²) >= 11 is 0. The number of carbonyl (C=O) groups excluding carboxylic acids is 2. The van der Waals surface area contributed by atoms with E-state index in [-0.39, 0.29) is 25.5 Å². The van der Waals surface area contributed by atoms with Gasteiger partial charge in [-0.15, -0.1) is 0 Å². The van der Waals surface area contributed by atoms with E-state index in [1.807, 2.05) is 26.0 Å². The zero-order valence-corrected chi connectivity index (χ0v) is 26.0. The Morgan fingerprint density at radius 3 is 2.57 bits per heavy atom. The third kappa shape index (κ3) is 9.48. The summed E-state index contributed by atoms with van der Waals surface area (Å²) < 4.78 is 36.6. The normalized spacial score (nSPS) is 22.5. The van der Waals surface area contributed by atoms with Gasteiger partial charge in [0.2, 0.25) is 5.91 Å². The first-order valence-corrected chi connectivity index (χ1v) is 16.1. The molecule has 236 valence electrons. The topological polar surface area (TPSA) is 170 Å². The van der Waals surface area contributed by atoms with Crippen molar-refractivity contribution >= 4 is 30.9 Å². The molecule has 1 fully saturated rings. The van der Waals surface area contributed by atoms with Crippen molar-refractivity contribution in [2.75, 3.05) is 19.7 Å². The molecule has 2 amide bonds. The molecule has 6 atom stereocenters. The van der Waals surface area contributed by atoms with E-state index in [2.05, 4.69) is 22.5 Å². The summed E-state index contributed by atoms with van der Waals surface area (Å²) in [5, 5.41) is 16.6. The Bertz CT molecular complexity index is 1240. The number of phosphoric acid groups is 1. The molecule has 1 aromatic carbocycles. The number of phosphoric ester groups is 1. The smallest absolute Gasteiger partial charge is 0.447 e. The summed E-state index contributed by atoms with van der Waals surface area (Å²) in [5.74, 6) is -0.240. The van der Waals surface area contributed by atoms with Crippen LogP contribution in [0.3, 0.4) is 0 Å². The number of aromatic nitrogens is 2. The van der Waals surface area contributed by atoms with Crippen molar-refractivity contribution < 1.29 is 42.7 Å². The van der Waals surface area contributed by atoms with Gasteiger partial charge >= 0.3 is 13.9 Å². The number of amides is 2. The second kappa shape index (κ2) is 15.8. The molecule has 0 aliphatic carbocycles. The van der Waals surface area contributed by atoms with Gasteiger partial charge in [0.1, 0.15) is 24.9 Å². The summed E-state index contributed by atoms with van der Waals surface area (Å²) in [7, 11) is -4.76. The average Bonchev–Trinajstić information content (AvgIpc) is 3.47. The van der Waals surface area contributed by atoms with Crippen LogP contribution in [0.2, 0.25) is 0 Å².